The number of carboxylic acids is 1. The summed E-state index contributed by atoms with van der Waals surface area (Å²) in [5, 5.41) is 20.7. The first-order valence-electron chi connectivity index (χ1n) is 7.15. The SMILES string of the molecule is CCN(CC(C)C#N)C(=O)NC1CCCC(C(=O)O)C1. The van der Waals surface area contributed by atoms with E-state index in [4.69, 9.17) is 10.4 Å². The predicted octanol–water partition coefficient (Wildman–Crippen LogP) is 1.82. The molecule has 6 nitrogen and oxygen atoms in total. The van der Waals surface area contributed by atoms with Crippen molar-refractivity contribution in [3.05, 3.63) is 0 Å². The molecule has 1 aliphatic rings. The van der Waals surface area contributed by atoms with Gasteiger partial charge in [0, 0.05) is 19.1 Å². The lowest BCUT2D eigenvalue weighted by atomic mass is 9.86. The Bertz CT molecular complexity index is 392. The summed E-state index contributed by atoms with van der Waals surface area (Å²) in [5.74, 6) is -1.35. The zero-order valence-electron chi connectivity index (χ0n) is 12.1. The predicted molar refractivity (Wildman–Crippen MR) is 73.9 cm³/mol. The fourth-order valence-electron chi connectivity index (χ4n) is 2.54. The van der Waals surface area contributed by atoms with Gasteiger partial charge in [-0.2, -0.15) is 5.26 Å². The molecule has 0 bridgehead atoms. The summed E-state index contributed by atoms with van der Waals surface area (Å²) in [7, 11) is 0. The number of carboxylic acid groups (broad SMARTS) is 1. The quantitative estimate of drug-likeness (QED) is 0.803. The highest BCUT2D eigenvalue weighted by atomic mass is 16.4. The molecule has 0 aliphatic heterocycles. The third-order valence-corrected chi connectivity index (χ3v) is 3.73. The maximum Gasteiger partial charge on any atom is 0.317 e. The van der Waals surface area contributed by atoms with Gasteiger partial charge in [0.2, 0.25) is 0 Å². The number of nitrogens with one attached hydrogen (secondary N) is 1. The number of carbonyl (C=O) groups excluding carboxylic acids is 1. The highest BCUT2D eigenvalue weighted by Crippen LogP contribution is 2.24. The van der Waals surface area contributed by atoms with Gasteiger partial charge in [-0.3, -0.25) is 4.79 Å². The summed E-state index contributed by atoms with van der Waals surface area (Å²) in [4.78, 5) is 24.7. The van der Waals surface area contributed by atoms with Gasteiger partial charge in [0.05, 0.1) is 17.9 Å². The summed E-state index contributed by atoms with van der Waals surface area (Å²) < 4.78 is 0. The molecule has 112 valence electrons. The lowest BCUT2D eigenvalue weighted by Gasteiger charge is -2.30. The van der Waals surface area contributed by atoms with E-state index < -0.39 is 5.97 Å². The molecule has 0 heterocycles. The highest BCUT2D eigenvalue weighted by molar-refractivity contribution is 5.75. The molecule has 0 saturated heterocycles. The number of hydrogen-bond acceptors (Lipinski definition) is 3. The molecule has 0 aromatic heterocycles. The Labute approximate surface area is 119 Å². The number of rotatable bonds is 5. The molecule has 1 saturated carbocycles. The maximum absolute atomic E-state index is 12.1. The summed E-state index contributed by atoms with van der Waals surface area (Å²) in [6.45, 7) is 4.57. The van der Waals surface area contributed by atoms with Gasteiger partial charge in [-0.25, -0.2) is 4.79 Å². The van der Waals surface area contributed by atoms with E-state index in [-0.39, 0.29) is 23.9 Å². The Balaban J connectivity index is 2.51. The number of carbonyl (C=O) groups is 2. The summed E-state index contributed by atoms with van der Waals surface area (Å²) in [6, 6.07) is 1.83. The van der Waals surface area contributed by atoms with Crippen LogP contribution < -0.4 is 5.32 Å². The molecule has 0 aromatic carbocycles. The van der Waals surface area contributed by atoms with Gasteiger partial charge in [-0.05, 0) is 33.1 Å². The minimum Gasteiger partial charge on any atom is -0.481 e. The van der Waals surface area contributed by atoms with Crippen molar-refractivity contribution in [3.8, 4) is 6.07 Å². The van der Waals surface area contributed by atoms with Crippen molar-refractivity contribution in [2.45, 2.75) is 45.6 Å². The van der Waals surface area contributed by atoms with E-state index in [1.807, 2.05) is 6.92 Å². The molecule has 0 radical (unpaired) electrons. The summed E-state index contributed by atoms with van der Waals surface area (Å²) in [6.07, 6.45) is 2.82. The minimum atomic E-state index is -0.783. The van der Waals surface area contributed by atoms with Gasteiger partial charge < -0.3 is 15.3 Å². The van der Waals surface area contributed by atoms with Crippen molar-refractivity contribution in [1.82, 2.24) is 10.2 Å². The van der Waals surface area contributed by atoms with Crippen molar-refractivity contribution in [2.75, 3.05) is 13.1 Å². The maximum atomic E-state index is 12.1. The van der Waals surface area contributed by atoms with E-state index in [1.165, 1.54) is 0 Å². The Hall–Kier alpha value is -1.77. The van der Waals surface area contributed by atoms with Crippen molar-refractivity contribution < 1.29 is 14.7 Å². The van der Waals surface area contributed by atoms with E-state index in [0.717, 1.165) is 12.8 Å². The molecular weight excluding hydrogens is 258 g/mol. The van der Waals surface area contributed by atoms with Crippen LogP contribution in [0.4, 0.5) is 4.79 Å². The molecule has 1 rings (SSSR count). The van der Waals surface area contributed by atoms with Crippen LogP contribution in [0.1, 0.15) is 39.5 Å². The molecule has 20 heavy (non-hydrogen) atoms. The Kier molecular flexibility index (Phi) is 6.29. The van der Waals surface area contributed by atoms with Gasteiger partial charge in [0.1, 0.15) is 0 Å². The molecule has 2 N–H and O–H groups in total. The van der Waals surface area contributed by atoms with Gasteiger partial charge in [0.15, 0.2) is 0 Å². The van der Waals surface area contributed by atoms with Crippen LogP contribution in [0.15, 0.2) is 0 Å². The fourth-order valence-corrected chi connectivity index (χ4v) is 2.54. The number of amides is 2. The number of urea groups is 1. The summed E-state index contributed by atoms with van der Waals surface area (Å²) in [5.41, 5.74) is 0. The van der Waals surface area contributed by atoms with Crippen LogP contribution in [0.2, 0.25) is 0 Å². The molecule has 1 aliphatic carbocycles. The second-order valence-electron chi connectivity index (χ2n) is 5.42. The number of hydrogen-bond donors (Lipinski definition) is 2. The van der Waals surface area contributed by atoms with Crippen LogP contribution in [0.3, 0.4) is 0 Å². The molecular formula is C14H23N3O3. The van der Waals surface area contributed by atoms with Gasteiger partial charge in [0.25, 0.3) is 0 Å². The molecule has 3 atom stereocenters. The largest absolute Gasteiger partial charge is 0.481 e. The standard InChI is InChI=1S/C14H23N3O3/c1-3-17(9-10(2)8-15)14(20)16-12-6-4-5-11(7-12)13(18)19/h10-12H,3-7,9H2,1-2H3,(H,16,20)(H,18,19). The molecule has 1 fully saturated rings. The van der Waals surface area contributed by atoms with Crippen molar-refractivity contribution >= 4 is 12.0 Å². The van der Waals surface area contributed by atoms with Crippen molar-refractivity contribution in [3.63, 3.8) is 0 Å². The van der Waals surface area contributed by atoms with E-state index in [9.17, 15) is 9.59 Å². The van der Waals surface area contributed by atoms with Crippen LogP contribution in [0.25, 0.3) is 0 Å². The Morgan fingerprint density at radius 2 is 2.20 bits per heavy atom. The Morgan fingerprint density at radius 1 is 1.50 bits per heavy atom. The summed E-state index contributed by atoms with van der Waals surface area (Å²) >= 11 is 0. The second kappa shape index (κ2) is 7.73. The minimum absolute atomic E-state index is 0.0798. The van der Waals surface area contributed by atoms with Gasteiger partial charge in [-0.1, -0.05) is 6.42 Å². The smallest absolute Gasteiger partial charge is 0.317 e. The normalized spacial score (nSPS) is 23.4. The van der Waals surface area contributed by atoms with Crippen LogP contribution >= 0.6 is 0 Å². The number of nitrogens with zero attached hydrogens (tertiary/aromatic N) is 2. The lowest BCUT2D eigenvalue weighted by Crippen LogP contribution is -2.48. The van der Waals surface area contributed by atoms with Crippen LogP contribution in [-0.4, -0.2) is 41.1 Å². The second-order valence-corrected chi connectivity index (χ2v) is 5.42. The average molecular weight is 281 g/mol. The molecule has 0 aromatic rings. The first-order valence-corrected chi connectivity index (χ1v) is 7.15. The Morgan fingerprint density at radius 3 is 2.75 bits per heavy atom. The third-order valence-electron chi connectivity index (χ3n) is 3.73. The average Bonchev–Trinajstić information content (AvgIpc) is 2.44. The first-order chi connectivity index (χ1) is 9.47. The molecule has 2 amide bonds. The van der Waals surface area contributed by atoms with E-state index in [1.54, 1.807) is 11.8 Å². The highest BCUT2D eigenvalue weighted by Gasteiger charge is 2.28. The fraction of sp³-hybridized carbons (Fsp3) is 0.786. The zero-order valence-corrected chi connectivity index (χ0v) is 12.1. The monoisotopic (exact) mass is 281 g/mol. The topological polar surface area (TPSA) is 93.4 Å². The number of nitriles is 1. The van der Waals surface area contributed by atoms with E-state index >= 15 is 0 Å². The third kappa shape index (κ3) is 4.72. The van der Waals surface area contributed by atoms with E-state index in [2.05, 4.69) is 11.4 Å². The lowest BCUT2D eigenvalue weighted by molar-refractivity contribution is -0.143. The van der Waals surface area contributed by atoms with Crippen LogP contribution in [0, 0.1) is 23.2 Å². The number of aliphatic carboxylic acids is 1. The molecule has 3 unspecified atom stereocenters. The van der Waals surface area contributed by atoms with Crippen molar-refractivity contribution in [1.29, 1.82) is 5.26 Å². The molecule has 0 spiro atoms. The van der Waals surface area contributed by atoms with Gasteiger partial charge in [-0.15, -0.1) is 0 Å². The van der Waals surface area contributed by atoms with Gasteiger partial charge >= 0.3 is 12.0 Å². The first kappa shape index (κ1) is 16.3. The zero-order chi connectivity index (χ0) is 15.1. The molecule has 6 heteroatoms. The van der Waals surface area contributed by atoms with Crippen LogP contribution in [0.5, 0.6) is 0 Å². The van der Waals surface area contributed by atoms with E-state index in [0.29, 0.717) is 25.9 Å². The van der Waals surface area contributed by atoms with Crippen molar-refractivity contribution in [2.24, 2.45) is 11.8 Å². The van der Waals surface area contributed by atoms with Crippen LogP contribution in [-0.2, 0) is 4.79 Å².